The lowest BCUT2D eigenvalue weighted by Gasteiger charge is -2.10. The molecule has 6 nitrogen and oxygen atoms in total. The molecule has 0 aliphatic heterocycles. The van der Waals surface area contributed by atoms with Gasteiger partial charge in [0.25, 0.3) is 5.91 Å². The van der Waals surface area contributed by atoms with Crippen LogP contribution in [0.4, 0.5) is 5.69 Å². The molecule has 1 heterocycles. The third-order valence-electron chi connectivity index (χ3n) is 4.26. The molecule has 140 valence electrons. The number of furan rings is 1. The number of rotatable bonds is 6. The second-order valence-corrected chi connectivity index (χ2v) is 6.02. The predicted octanol–water partition coefficient (Wildman–Crippen LogP) is 4.32. The average molecular weight is 367 g/mol. The van der Waals surface area contributed by atoms with Gasteiger partial charge >= 0.3 is 5.97 Å². The van der Waals surface area contributed by atoms with E-state index < -0.39 is 11.9 Å². The lowest BCUT2D eigenvalue weighted by Crippen LogP contribution is -2.15. The predicted molar refractivity (Wildman–Crippen MR) is 102 cm³/mol. The van der Waals surface area contributed by atoms with Gasteiger partial charge in [0.1, 0.15) is 5.58 Å². The Kier molecular flexibility index (Phi) is 5.57. The van der Waals surface area contributed by atoms with E-state index in [1.54, 1.807) is 18.2 Å². The number of ether oxygens (including phenoxy) is 2. The summed E-state index contributed by atoms with van der Waals surface area (Å²) in [5.74, 6) is -0.662. The Bertz CT molecular complexity index is 989. The molecule has 1 amide bonds. The minimum atomic E-state index is -0.466. The van der Waals surface area contributed by atoms with Crippen LogP contribution in [-0.4, -0.2) is 25.6 Å². The van der Waals surface area contributed by atoms with Crippen LogP contribution in [-0.2, 0) is 16.1 Å². The second-order valence-electron chi connectivity index (χ2n) is 6.02. The highest BCUT2D eigenvalue weighted by atomic mass is 16.5. The van der Waals surface area contributed by atoms with Gasteiger partial charge in [-0.15, -0.1) is 0 Å². The van der Waals surface area contributed by atoms with Crippen LogP contribution in [0.2, 0.25) is 0 Å². The van der Waals surface area contributed by atoms with Crippen LogP contribution in [0, 0.1) is 6.92 Å². The van der Waals surface area contributed by atoms with Crippen molar-refractivity contribution >= 4 is 28.5 Å². The highest BCUT2D eigenvalue weighted by Gasteiger charge is 2.21. The maximum absolute atomic E-state index is 12.9. The average Bonchev–Trinajstić information content (AvgIpc) is 3.06. The summed E-state index contributed by atoms with van der Waals surface area (Å²) in [7, 11) is 1.31. The first-order chi connectivity index (χ1) is 13.0. The number of carbonyl (C=O) groups excluding carboxylic acids is 2. The fourth-order valence-corrected chi connectivity index (χ4v) is 2.81. The molecule has 1 N–H and O–H groups in total. The van der Waals surface area contributed by atoms with Crippen LogP contribution in [0.3, 0.4) is 0 Å². The number of nitrogens with one attached hydrogen (secondary N) is 1. The van der Waals surface area contributed by atoms with E-state index in [0.717, 1.165) is 10.9 Å². The van der Waals surface area contributed by atoms with Gasteiger partial charge in [-0.2, -0.15) is 0 Å². The van der Waals surface area contributed by atoms with Crippen LogP contribution < -0.4 is 5.32 Å². The van der Waals surface area contributed by atoms with E-state index >= 15 is 0 Å². The molecule has 0 unspecified atom stereocenters. The molecule has 0 atom stereocenters. The monoisotopic (exact) mass is 367 g/mol. The number of hydrogen-bond acceptors (Lipinski definition) is 5. The van der Waals surface area contributed by atoms with E-state index in [9.17, 15) is 9.59 Å². The molecule has 0 fully saturated rings. The fraction of sp³-hybridized carbons (Fsp3) is 0.238. The Morgan fingerprint density at radius 2 is 1.93 bits per heavy atom. The Labute approximate surface area is 157 Å². The minimum absolute atomic E-state index is 0.201. The molecule has 0 spiro atoms. The number of hydrogen-bond donors (Lipinski definition) is 1. The first-order valence-corrected chi connectivity index (χ1v) is 8.63. The van der Waals surface area contributed by atoms with E-state index in [0.29, 0.717) is 29.0 Å². The van der Waals surface area contributed by atoms with Gasteiger partial charge in [-0.05, 0) is 37.6 Å². The van der Waals surface area contributed by atoms with Crippen LogP contribution in [0.15, 0.2) is 46.9 Å². The lowest BCUT2D eigenvalue weighted by molar-refractivity contribution is 0.0600. The zero-order chi connectivity index (χ0) is 19.4. The van der Waals surface area contributed by atoms with Crippen molar-refractivity contribution in [2.24, 2.45) is 0 Å². The Morgan fingerprint density at radius 3 is 2.67 bits per heavy atom. The van der Waals surface area contributed by atoms with Gasteiger partial charge in [0, 0.05) is 23.2 Å². The van der Waals surface area contributed by atoms with Crippen LogP contribution in [0.25, 0.3) is 11.0 Å². The smallest absolute Gasteiger partial charge is 0.337 e. The van der Waals surface area contributed by atoms with Gasteiger partial charge in [0.15, 0.2) is 5.76 Å². The summed E-state index contributed by atoms with van der Waals surface area (Å²) in [4.78, 5) is 24.6. The molecule has 0 aliphatic carbocycles. The fourth-order valence-electron chi connectivity index (χ4n) is 2.81. The molecule has 2 aromatic carbocycles. The highest BCUT2D eigenvalue weighted by molar-refractivity contribution is 6.07. The Hall–Kier alpha value is -3.12. The summed E-state index contributed by atoms with van der Waals surface area (Å²) in [6.45, 7) is 4.54. The number of anilines is 1. The molecule has 0 saturated carbocycles. The van der Waals surface area contributed by atoms with Crippen LogP contribution in [0.1, 0.15) is 39.0 Å². The van der Waals surface area contributed by atoms with Crippen molar-refractivity contribution in [1.29, 1.82) is 0 Å². The number of amides is 1. The molecule has 0 radical (unpaired) electrons. The number of benzene rings is 2. The zero-order valence-corrected chi connectivity index (χ0v) is 15.5. The Balaban J connectivity index is 1.96. The van der Waals surface area contributed by atoms with Gasteiger partial charge in [-0.3, -0.25) is 4.79 Å². The van der Waals surface area contributed by atoms with Gasteiger partial charge in [-0.1, -0.05) is 24.3 Å². The summed E-state index contributed by atoms with van der Waals surface area (Å²) >= 11 is 0. The van der Waals surface area contributed by atoms with Crippen molar-refractivity contribution in [3.8, 4) is 0 Å². The van der Waals surface area contributed by atoms with E-state index in [2.05, 4.69) is 5.32 Å². The SMILES string of the molecule is CCOCc1c(C(=O)Nc2cc(C(=O)OC)ccc2C)oc2ccccc12. The van der Waals surface area contributed by atoms with Crippen LogP contribution in [0.5, 0.6) is 0 Å². The molecule has 6 heteroatoms. The summed E-state index contributed by atoms with van der Waals surface area (Å²) < 4.78 is 16.0. The number of esters is 1. The van der Waals surface area contributed by atoms with E-state index in [-0.39, 0.29) is 12.4 Å². The molecular formula is C21H21NO5. The standard InChI is InChI=1S/C21H21NO5/c1-4-26-12-16-15-7-5-6-8-18(15)27-19(16)20(23)22-17-11-14(21(24)25-3)10-9-13(17)2/h5-11H,4,12H2,1-3H3,(H,22,23). The molecule has 0 aliphatic rings. The molecular weight excluding hydrogens is 346 g/mol. The number of para-hydroxylation sites is 1. The number of carbonyl (C=O) groups is 2. The van der Waals surface area contributed by atoms with Crippen molar-refractivity contribution in [1.82, 2.24) is 0 Å². The highest BCUT2D eigenvalue weighted by Crippen LogP contribution is 2.28. The molecule has 0 saturated heterocycles. The van der Waals surface area contributed by atoms with Crippen LogP contribution >= 0.6 is 0 Å². The molecule has 0 bridgehead atoms. The molecule has 1 aromatic heterocycles. The first kappa shape index (κ1) is 18.7. The summed E-state index contributed by atoms with van der Waals surface area (Å²) in [6, 6.07) is 12.4. The quantitative estimate of drug-likeness (QED) is 0.657. The normalized spacial score (nSPS) is 10.8. The first-order valence-electron chi connectivity index (χ1n) is 8.63. The van der Waals surface area contributed by atoms with Gasteiger partial charge in [0.2, 0.25) is 0 Å². The second kappa shape index (κ2) is 8.05. The lowest BCUT2D eigenvalue weighted by atomic mass is 10.1. The van der Waals surface area contributed by atoms with Crippen molar-refractivity contribution < 1.29 is 23.5 Å². The number of aryl methyl sites for hydroxylation is 1. The van der Waals surface area contributed by atoms with Gasteiger partial charge < -0.3 is 19.2 Å². The zero-order valence-electron chi connectivity index (χ0n) is 15.5. The largest absolute Gasteiger partial charge is 0.465 e. The third kappa shape index (κ3) is 3.85. The van der Waals surface area contributed by atoms with Crippen molar-refractivity contribution in [2.75, 3.05) is 19.0 Å². The topological polar surface area (TPSA) is 77.8 Å². The molecule has 3 rings (SSSR count). The van der Waals surface area contributed by atoms with Crippen molar-refractivity contribution in [2.45, 2.75) is 20.5 Å². The van der Waals surface area contributed by atoms with Crippen molar-refractivity contribution in [3.63, 3.8) is 0 Å². The summed E-state index contributed by atoms with van der Waals surface area (Å²) in [5.41, 5.74) is 3.02. The van der Waals surface area contributed by atoms with E-state index in [1.165, 1.54) is 7.11 Å². The maximum atomic E-state index is 12.9. The molecule has 27 heavy (non-hydrogen) atoms. The summed E-state index contributed by atoms with van der Waals surface area (Å²) in [5, 5.41) is 3.67. The Morgan fingerprint density at radius 1 is 1.15 bits per heavy atom. The summed E-state index contributed by atoms with van der Waals surface area (Å²) in [6.07, 6.45) is 0. The third-order valence-corrected chi connectivity index (χ3v) is 4.26. The van der Waals surface area contributed by atoms with Gasteiger partial charge in [0.05, 0.1) is 19.3 Å². The molecule has 3 aromatic rings. The van der Waals surface area contributed by atoms with Crippen molar-refractivity contribution in [3.05, 3.63) is 64.9 Å². The van der Waals surface area contributed by atoms with Gasteiger partial charge in [-0.25, -0.2) is 4.79 Å². The minimum Gasteiger partial charge on any atom is -0.465 e. The van der Waals surface area contributed by atoms with E-state index in [4.69, 9.17) is 13.9 Å². The maximum Gasteiger partial charge on any atom is 0.337 e. The van der Waals surface area contributed by atoms with E-state index in [1.807, 2.05) is 38.1 Å². The number of methoxy groups -OCH3 is 1. The number of fused-ring (bicyclic) bond motifs is 1.